The number of rotatable bonds is 12. The van der Waals surface area contributed by atoms with Crippen molar-refractivity contribution in [2.45, 2.75) is 39.3 Å². The van der Waals surface area contributed by atoms with Crippen molar-refractivity contribution in [3.05, 3.63) is 57.8 Å². The number of thiophene rings is 1. The van der Waals surface area contributed by atoms with E-state index in [-0.39, 0.29) is 36.6 Å². The fourth-order valence-electron chi connectivity index (χ4n) is 3.63. The monoisotopic (exact) mass is 531 g/mol. The lowest BCUT2D eigenvalue weighted by molar-refractivity contribution is -0.148. The van der Waals surface area contributed by atoms with Gasteiger partial charge in [0.25, 0.3) is 0 Å². The number of hydrogen-bond donors (Lipinski definition) is 2. The number of ether oxygens (including phenoxy) is 1. The molecule has 2 aromatic rings. The Morgan fingerprint density at radius 1 is 1.17 bits per heavy atom. The van der Waals surface area contributed by atoms with E-state index >= 15 is 0 Å². The summed E-state index contributed by atoms with van der Waals surface area (Å²) in [6.07, 6.45) is 1.16. The van der Waals surface area contributed by atoms with Gasteiger partial charge >= 0.3 is 12.0 Å². The van der Waals surface area contributed by atoms with Crippen molar-refractivity contribution < 1.29 is 28.7 Å². The van der Waals surface area contributed by atoms with Crippen molar-refractivity contribution in [1.82, 2.24) is 15.5 Å². The Labute approximate surface area is 218 Å². The number of nitrogens with zero attached hydrogens (tertiary/aromatic N) is 1. The van der Waals surface area contributed by atoms with E-state index in [1.807, 2.05) is 30.3 Å². The molecule has 0 saturated carbocycles. The van der Waals surface area contributed by atoms with Gasteiger partial charge in [-0.25, -0.2) is 9.59 Å². The molecule has 0 spiro atoms. The maximum absolute atomic E-state index is 13.3. The van der Waals surface area contributed by atoms with Crippen molar-refractivity contribution in [2.24, 2.45) is 5.92 Å². The third kappa shape index (κ3) is 7.66. The number of hydrogen-bond acceptors (Lipinski definition) is 8. The average molecular weight is 532 g/mol. The van der Waals surface area contributed by atoms with Gasteiger partial charge in [-0.15, -0.1) is 11.3 Å². The van der Waals surface area contributed by atoms with Gasteiger partial charge in [-0.2, -0.15) is 0 Å². The van der Waals surface area contributed by atoms with Crippen LogP contribution in [-0.4, -0.2) is 52.7 Å². The van der Waals surface area contributed by atoms with E-state index < -0.39 is 24.0 Å². The highest BCUT2D eigenvalue weighted by molar-refractivity contribution is 8.13. The van der Waals surface area contributed by atoms with Crippen LogP contribution in [0.1, 0.15) is 41.6 Å². The molecule has 1 saturated heterocycles. The molecule has 2 heterocycles. The largest absolute Gasteiger partial charge is 0.464 e. The standard InChI is InChI=1S/C25H29N3O6S2/c1-3-34-24(32)22(20-12-11-19(36-20)14-28-21(30)13-26-25(28)33)27-23(31)18(15-35-16(2)29)10-9-17-7-5-4-6-8-17/h4-8,11-12,18,22H,3,9-10,13-15H2,1-2H3,(H,26,33)(H,27,31). The van der Waals surface area contributed by atoms with E-state index in [2.05, 4.69) is 10.6 Å². The molecule has 0 aliphatic carbocycles. The highest BCUT2D eigenvalue weighted by atomic mass is 32.2. The Hall–Kier alpha value is -3.18. The Kier molecular flexibility index (Phi) is 10.1. The van der Waals surface area contributed by atoms with Crippen LogP contribution in [-0.2, 0) is 36.9 Å². The smallest absolute Gasteiger partial charge is 0.334 e. The van der Waals surface area contributed by atoms with Crippen LogP contribution < -0.4 is 10.6 Å². The van der Waals surface area contributed by atoms with Crippen molar-refractivity contribution in [3.63, 3.8) is 0 Å². The summed E-state index contributed by atoms with van der Waals surface area (Å²) in [4.78, 5) is 63.7. The molecule has 36 heavy (non-hydrogen) atoms. The topological polar surface area (TPSA) is 122 Å². The molecule has 1 aromatic heterocycles. The van der Waals surface area contributed by atoms with E-state index in [9.17, 15) is 24.0 Å². The second-order valence-corrected chi connectivity index (χ2v) is 10.6. The maximum atomic E-state index is 13.3. The minimum atomic E-state index is -1.04. The first kappa shape index (κ1) is 27.4. The van der Waals surface area contributed by atoms with Crippen LogP contribution >= 0.6 is 23.1 Å². The Morgan fingerprint density at radius 3 is 2.56 bits per heavy atom. The zero-order valence-corrected chi connectivity index (χ0v) is 21.8. The van der Waals surface area contributed by atoms with E-state index in [0.717, 1.165) is 22.2 Å². The molecule has 2 N–H and O–H groups in total. The number of nitrogens with one attached hydrogen (secondary N) is 2. The third-order valence-corrected chi connectivity index (χ3v) is 7.62. The molecule has 0 bridgehead atoms. The number of thioether (sulfide) groups is 1. The number of urea groups is 1. The Balaban J connectivity index is 1.74. The first-order valence-corrected chi connectivity index (χ1v) is 13.4. The van der Waals surface area contributed by atoms with Crippen molar-refractivity contribution in [3.8, 4) is 0 Å². The van der Waals surface area contributed by atoms with Gasteiger partial charge in [0.2, 0.25) is 11.8 Å². The second kappa shape index (κ2) is 13.2. The van der Waals surface area contributed by atoms with Gasteiger partial charge in [0.15, 0.2) is 11.2 Å². The first-order chi connectivity index (χ1) is 17.3. The van der Waals surface area contributed by atoms with Gasteiger partial charge in [0.05, 0.1) is 19.7 Å². The molecular weight excluding hydrogens is 502 g/mol. The Morgan fingerprint density at radius 2 is 1.92 bits per heavy atom. The minimum Gasteiger partial charge on any atom is -0.464 e. The number of carbonyl (C=O) groups excluding carboxylic acids is 5. The Bertz CT molecular complexity index is 1090. The molecular formula is C25H29N3O6S2. The molecule has 0 radical (unpaired) electrons. The second-order valence-electron chi connectivity index (χ2n) is 8.16. The van der Waals surface area contributed by atoms with Crippen molar-refractivity contribution in [2.75, 3.05) is 18.9 Å². The normalized spacial score (nSPS) is 14.8. The molecule has 192 valence electrons. The van der Waals surface area contributed by atoms with E-state index in [4.69, 9.17) is 4.74 Å². The number of benzene rings is 1. The first-order valence-electron chi connectivity index (χ1n) is 11.6. The molecule has 1 aromatic carbocycles. The highest BCUT2D eigenvalue weighted by Gasteiger charge is 2.31. The fraction of sp³-hybridized carbons (Fsp3) is 0.400. The number of amides is 4. The van der Waals surface area contributed by atoms with Crippen LogP contribution in [0.3, 0.4) is 0 Å². The van der Waals surface area contributed by atoms with Gasteiger partial charge in [-0.3, -0.25) is 19.3 Å². The van der Waals surface area contributed by atoms with E-state index in [1.54, 1.807) is 19.1 Å². The number of imide groups is 1. The van der Waals surface area contributed by atoms with Gasteiger partial charge in [0, 0.05) is 28.3 Å². The van der Waals surface area contributed by atoms with Crippen LogP contribution in [0.4, 0.5) is 4.79 Å². The summed E-state index contributed by atoms with van der Waals surface area (Å²) < 4.78 is 5.21. The number of esters is 1. The molecule has 1 aliphatic rings. The van der Waals surface area contributed by atoms with Crippen molar-refractivity contribution >= 4 is 52.0 Å². The van der Waals surface area contributed by atoms with Crippen molar-refractivity contribution in [1.29, 1.82) is 0 Å². The molecule has 1 aliphatic heterocycles. The SMILES string of the molecule is CCOC(=O)C(NC(=O)C(CCc1ccccc1)CSC(C)=O)c1ccc(CN2C(=O)CNC2=O)s1. The van der Waals surface area contributed by atoms with Gasteiger partial charge < -0.3 is 15.4 Å². The van der Waals surface area contributed by atoms with Crippen LogP contribution in [0, 0.1) is 5.92 Å². The zero-order chi connectivity index (χ0) is 26.1. The quantitative estimate of drug-likeness (QED) is 0.319. The van der Waals surface area contributed by atoms with E-state index in [0.29, 0.717) is 28.3 Å². The fourth-order valence-corrected chi connectivity index (χ4v) is 5.43. The summed E-state index contributed by atoms with van der Waals surface area (Å²) in [5, 5.41) is 5.20. The number of carbonyl (C=O) groups is 5. The summed E-state index contributed by atoms with van der Waals surface area (Å²) in [6.45, 7) is 3.32. The lowest BCUT2D eigenvalue weighted by atomic mass is 9.99. The summed E-state index contributed by atoms with van der Waals surface area (Å²) in [5.41, 5.74) is 1.08. The highest BCUT2D eigenvalue weighted by Crippen LogP contribution is 2.27. The predicted molar refractivity (Wildman–Crippen MR) is 137 cm³/mol. The summed E-state index contributed by atoms with van der Waals surface area (Å²) in [5.74, 6) is -1.47. The maximum Gasteiger partial charge on any atom is 0.334 e. The molecule has 9 nitrogen and oxygen atoms in total. The van der Waals surface area contributed by atoms with Crippen LogP contribution in [0.2, 0.25) is 0 Å². The molecule has 11 heteroatoms. The average Bonchev–Trinajstić information content (AvgIpc) is 3.45. The molecule has 2 unspecified atom stereocenters. The zero-order valence-electron chi connectivity index (χ0n) is 20.2. The van der Waals surface area contributed by atoms with E-state index in [1.165, 1.54) is 18.3 Å². The van der Waals surface area contributed by atoms with Gasteiger partial charge in [-0.1, -0.05) is 42.1 Å². The summed E-state index contributed by atoms with van der Waals surface area (Å²) in [7, 11) is 0. The van der Waals surface area contributed by atoms with Crippen LogP contribution in [0.25, 0.3) is 0 Å². The third-order valence-electron chi connectivity index (χ3n) is 5.51. The lowest BCUT2D eigenvalue weighted by Crippen LogP contribution is -2.39. The molecule has 2 atom stereocenters. The predicted octanol–water partition coefficient (Wildman–Crippen LogP) is 3.05. The molecule has 3 rings (SSSR count). The van der Waals surface area contributed by atoms with Gasteiger partial charge in [-0.05, 0) is 37.5 Å². The summed E-state index contributed by atoms with van der Waals surface area (Å²) >= 11 is 2.30. The lowest BCUT2D eigenvalue weighted by Gasteiger charge is -2.21. The number of aryl methyl sites for hydroxylation is 1. The minimum absolute atomic E-state index is 0.0405. The van der Waals surface area contributed by atoms with Crippen LogP contribution in [0.5, 0.6) is 0 Å². The molecule has 1 fully saturated rings. The summed E-state index contributed by atoms with van der Waals surface area (Å²) in [6, 6.07) is 11.6. The molecule has 4 amide bonds. The van der Waals surface area contributed by atoms with Gasteiger partial charge in [0.1, 0.15) is 0 Å². The van der Waals surface area contributed by atoms with Crippen LogP contribution in [0.15, 0.2) is 42.5 Å².